The summed E-state index contributed by atoms with van der Waals surface area (Å²) in [6.07, 6.45) is 0. The summed E-state index contributed by atoms with van der Waals surface area (Å²) in [4.78, 5) is 9.57. The first-order chi connectivity index (χ1) is 17.3. The summed E-state index contributed by atoms with van der Waals surface area (Å²) in [7, 11) is 0. The normalized spacial score (nSPS) is 12.3. The van der Waals surface area contributed by atoms with Crippen LogP contribution in [0.15, 0.2) is 53.2 Å². The van der Waals surface area contributed by atoms with E-state index in [0.717, 1.165) is 49.8 Å². The fourth-order valence-corrected chi connectivity index (χ4v) is 5.09. The number of hydrogen-bond acceptors (Lipinski definition) is 9. The van der Waals surface area contributed by atoms with Crippen LogP contribution < -0.4 is 14.2 Å². The predicted molar refractivity (Wildman–Crippen MR) is 133 cm³/mol. The average Bonchev–Trinajstić information content (AvgIpc) is 3.66. The molecule has 10 heteroatoms. The van der Waals surface area contributed by atoms with Gasteiger partial charge in [-0.15, -0.1) is 22.7 Å². The van der Waals surface area contributed by atoms with Crippen LogP contribution in [0.3, 0.4) is 0 Å². The van der Waals surface area contributed by atoms with Gasteiger partial charge in [0.2, 0.25) is 6.79 Å². The van der Waals surface area contributed by atoms with Gasteiger partial charge in [-0.05, 0) is 42.5 Å². The molecular weight excluding hydrogens is 491 g/mol. The van der Waals surface area contributed by atoms with Crippen LogP contribution in [0.1, 0.15) is 0 Å². The lowest BCUT2D eigenvalue weighted by Crippen LogP contribution is -2.11. The van der Waals surface area contributed by atoms with Crippen LogP contribution >= 0.6 is 22.7 Å². The van der Waals surface area contributed by atoms with Crippen LogP contribution in [0.2, 0.25) is 0 Å². The molecule has 0 fully saturated rings. The molecule has 0 saturated carbocycles. The van der Waals surface area contributed by atoms with E-state index >= 15 is 0 Å². The minimum atomic E-state index is -0.477. The third-order valence-electron chi connectivity index (χ3n) is 5.10. The lowest BCUT2D eigenvalue weighted by Gasteiger charge is -2.08. The van der Waals surface area contributed by atoms with Crippen LogP contribution in [0.5, 0.6) is 17.2 Å². The van der Waals surface area contributed by atoms with E-state index in [1.807, 2.05) is 53.2 Å². The summed E-state index contributed by atoms with van der Waals surface area (Å²) in [6.45, 7) is 1.57. The molecule has 182 valence electrons. The molecule has 3 heterocycles. The number of benzene rings is 2. The van der Waals surface area contributed by atoms with Crippen LogP contribution in [-0.2, 0) is 9.47 Å². The molecule has 1 aliphatic rings. The van der Waals surface area contributed by atoms with E-state index in [-0.39, 0.29) is 13.4 Å². The molecule has 5 rings (SSSR count). The Morgan fingerprint density at radius 3 is 2.11 bits per heavy atom. The third-order valence-corrected chi connectivity index (χ3v) is 6.93. The molecule has 0 radical (unpaired) electrons. The van der Waals surface area contributed by atoms with Gasteiger partial charge in [0, 0.05) is 21.9 Å². The van der Waals surface area contributed by atoms with E-state index in [1.54, 1.807) is 22.7 Å². The monoisotopic (exact) mass is 514 g/mol. The number of nitrogens with zero attached hydrogens (tertiary/aromatic N) is 2. The van der Waals surface area contributed by atoms with E-state index in [1.165, 1.54) is 0 Å². The van der Waals surface area contributed by atoms with Crippen LogP contribution in [0.25, 0.3) is 32.5 Å². The molecule has 2 aromatic carbocycles. The van der Waals surface area contributed by atoms with Gasteiger partial charge in [0.05, 0.1) is 37.8 Å². The van der Waals surface area contributed by atoms with Crippen molar-refractivity contribution < 1.29 is 28.1 Å². The Morgan fingerprint density at radius 1 is 0.743 bits per heavy atom. The Labute approximate surface area is 210 Å². The predicted octanol–water partition coefficient (Wildman–Crippen LogP) is 5.71. The topological polar surface area (TPSA) is 71.9 Å². The molecule has 0 saturated heterocycles. The van der Waals surface area contributed by atoms with Gasteiger partial charge in [-0.1, -0.05) is 0 Å². The number of rotatable bonds is 12. The molecule has 35 heavy (non-hydrogen) atoms. The van der Waals surface area contributed by atoms with E-state index in [9.17, 15) is 4.39 Å². The molecule has 0 bridgehead atoms. The summed E-state index contributed by atoms with van der Waals surface area (Å²) < 4.78 is 38.9. The molecule has 4 aromatic rings. The maximum atomic E-state index is 11.9. The minimum absolute atomic E-state index is 0.110. The fraction of sp³-hybridized carbons (Fsp3) is 0.280. The summed E-state index contributed by atoms with van der Waals surface area (Å²) in [6, 6.07) is 13.6. The number of hydrogen-bond donors (Lipinski definition) is 0. The van der Waals surface area contributed by atoms with Crippen molar-refractivity contribution in [1.82, 2.24) is 9.97 Å². The molecule has 0 atom stereocenters. The number of fused-ring (bicyclic) bond motifs is 1. The van der Waals surface area contributed by atoms with Crippen LogP contribution in [-0.4, -0.2) is 56.5 Å². The van der Waals surface area contributed by atoms with Crippen molar-refractivity contribution in [2.24, 2.45) is 0 Å². The van der Waals surface area contributed by atoms with Crippen molar-refractivity contribution in [1.29, 1.82) is 0 Å². The molecule has 2 aromatic heterocycles. The van der Waals surface area contributed by atoms with Crippen LogP contribution in [0.4, 0.5) is 4.39 Å². The minimum Gasteiger partial charge on any atom is -0.491 e. The zero-order valence-electron chi connectivity index (χ0n) is 18.8. The average molecular weight is 515 g/mol. The van der Waals surface area contributed by atoms with Gasteiger partial charge >= 0.3 is 0 Å². The lowest BCUT2D eigenvalue weighted by molar-refractivity contribution is 0.0325. The fourth-order valence-electron chi connectivity index (χ4n) is 3.38. The molecule has 0 aliphatic carbocycles. The van der Waals surface area contributed by atoms with Gasteiger partial charge in [0.15, 0.2) is 21.5 Å². The molecule has 1 aliphatic heterocycles. The summed E-state index contributed by atoms with van der Waals surface area (Å²) >= 11 is 3.14. The van der Waals surface area contributed by atoms with E-state index in [4.69, 9.17) is 33.7 Å². The van der Waals surface area contributed by atoms with Crippen molar-refractivity contribution in [3.63, 3.8) is 0 Å². The van der Waals surface area contributed by atoms with Crippen molar-refractivity contribution in [2.45, 2.75) is 0 Å². The number of ether oxygens (including phenoxy) is 5. The molecule has 0 unspecified atom stereocenters. The zero-order chi connectivity index (χ0) is 23.9. The largest absolute Gasteiger partial charge is 0.491 e. The highest BCUT2D eigenvalue weighted by Gasteiger charge is 2.16. The Hall–Kier alpha value is -3.05. The van der Waals surface area contributed by atoms with E-state index in [2.05, 4.69) is 0 Å². The molecular formula is C25H23FN2O5S2. The Morgan fingerprint density at radius 2 is 1.37 bits per heavy atom. The maximum Gasteiger partial charge on any atom is 0.231 e. The van der Waals surface area contributed by atoms with Gasteiger partial charge in [0.1, 0.15) is 19.0 Å². The maximum absolute atomic E-state index is 11.9. The van der Waals surface area contributed by atoms with Gasteiger partial charge in [-0.2, -0.15) is 0 Å². The lowest BCUT2D eigenvalue weighted by atomic mass is 10.1. The van der Waals surface area contributed by atoms with Gasteiger partial charge in [0.25, 0.3) is 0 Å². The van der Waals surface area contributed by atoms with Crippen molar-refractivity contribution >= 4 is 22.7 Å². The quantitative estimate of drug-likeness (QED) is 0.224. The summed E-state index contributed by atoms with van der Waals surface area (Å²) in [5.74, 6) is 2.26. The van der Waals surface area contributed by atoms with Gasteiger partial charge in [-0.3, -0.25) is 0 Å². The second kappa shape index (κ2) is 11.6. The van der Waals surface area contributed by atoms with Crippen LogP contribution in [0, 0.1) is 0 Å². The smallest absolute Gasteiger partial charge is 0.231 e. The summed E-state index contributed by atoms with van der Waals surface area (Å²) in [5, 5.41) is 5.82. The highest BCUT2D eigenvalue weighted by atomic mass is 32.1. The van der Waals surface area contributed by atoms with E-state index < -0.39 is 6.67 Å². The summed E-state index contributed by atoms with van der Waals surface area (Å²) in [5.41, 5.74) is 3.78. The first-order valence-corrected chi connectivity index (χ1v) is 12.8. The second-order valence-corrected chi connectivity index (χ2v) is 9.15. The SMILES string of the molecule is FCCOCCOCCOc1ccc(-c2csc(-c3nc(-c4ccc5c(c4)OCO5)cs3)n2)cc1. The molecule has 0 spiro atoms. The van der Waals surface area contributed by atoms with E-state index in [0.29, 0.717) is 26.4 Å². The Bertz CT molecular complexity index is 1240. The second-order valence-electron chi connectivity index (χ2n) is 7.43. The first-order valence-electron chi connectivity index (χ1n) is 11.1. The number of alkyl halides is 1. The first kappa shape index (κ1) is 23.7. The molecule has 0 amide bonds. The van der Waals surface area contributed by atoms with Gasteiger partial charge in [-0.25, -0.2) is 14.4 Å². The van der Waals surface area contributed by atoms with Gasteiger partial charge < -0.3 is 23.7 Å². The van der Waals surface area contributed by atoms with Crippen molar-refractivity contribution in [3.05, 3.63) is 53.2 Å². The Balaban J connectivity index is 1.15. The molecule has 0 N–H and O–H groups in total. The highest BCUT2D eigenvalue weighted by Crippen LogP contribution is 2.38. The number of aromatic nitrogens is 2. The van der Waals surface area contributed by atoms with Crippen molar-refractivity contribution in [2.75, 3.05) is 46.5 Å². The van der Waals surface area contributed by atoms with Crippen molar-refractivity contribution in [3.8, 4) is 49.8 Å². The zero-order valence-corrected chi connectivity index (χ0v) is 20.4. The standard InChI is InChI=1S/C25H23FN2O5S2/c26-7-8-29-9-10-30-11-12-31-19-4-1-17(2-5-19)20-14-34-24(27-20)25-28-21(15-35-25)18-3-6-22-23(13-18)33-16-32-22/h1-6,13-15H,7-12,16H2. The highest BCUT2D eigenvalue weighted by molar-refractivity contribution is 7.20. The number of thiazole rings is 2. The third kappa shape index (κ3) is 5.96. The Kier molecular flexibility index (Phi) is 7.84. The molecule has 7 nitrogen and oxygen atoms in total. The number of halogens is 1.